The summed E-state index contributed by atoms with van der Waals surface area (Å²) in [5.74, 6) is 0. The molecule has 0 amide bonds. The molecule has 2 aromatic heterocycles. The Bertz CT molecular complexity index is 1460. The van der Waals surface area contributed by atoms with Crippen LogP contribution in [0.2, 0.25) is 0 Å². The van der Waals surface area contributed by atoms with Crippen molar-refractivity contribution in [2.45, 2.75) is 12.1 Å². The lowest BCUT2D eigenvalue weighted by Crippen LogP contribution is -2.30. The number of aromatic nitrogens is 2. The van der Waals surface area contributed by atoms with Gasteiger partial charge in [0.1, 0.15) is 6.04 Å². The molecule has 0 radical (unpaired) electrons. The van der Waals surface area contributed by atoms with Gasteiger partial charge < -0.3 is 14.8 Å². The predicted octanol–water partition coefficient (Wildman–Crippen LogP) is 5.18. The first-order chi connectivity index (χ1) is 16.8. The molecule has 3 heterocycles. The maximum absolute atomic E-state index is 11.6. The van der Waals surface area contributed by atoms with Crippen LogP contribution >= 0.6 is 28.1 Å². The van der Waals surface area contributed by atoms with Crippen LogP contribution in [0.3, 0.4) is 0 Å². The molecule has 1 fully saturated rings. The summed E-state index contributed by atoms with van der Waals surface area (Å²) in [4.78, 5) is 6.67. The average Bonchev–Trinajstić information content (AvgIpc) is 3.44. The molecule has 7 nitrogen and oxygen atoms in total. The molecule has 0 unspecified atom stereocenters. The highest BCUT2D eigenvalue weighted by Crippen LogP contribution is 2.42. The van der Waals surface area contributed by atoms with E-state index in [1.165, 1.54) is 0 Å². The van der Waals surface area contributed by atoms with Crippen molar-refractivity contribution in [1.82, 2.24) is 14.9 Å². The summed E-state index contributed by atoms with van der Waals surface area (Å²) >= 11 is 9.32. The van der Waals surface area contributed by atoms with E-state index in [0.29, 0.717) is 10.8 Å². The third kappa shape index (κ3) is 4.95. The van der Waals surface area contributed by atoms with Gasteiger partial charge in [-0.25, -0.2) is 8.42 Å². The molecule has 35 heavy (non-hydrogen) atoms. The SMILES string of the molecule is CS(=O)(=O)Nc1ccc(N2C(=S)N[C@H](c3ccccn3)[C@H]2c2cccn2-c2ccc(Br)cc2)cc1. The van der Waals surface area contributed by atoms with Crippen molar-refractivity contribution in [1.29, 1.82) is 0 Å². The molecule has 4 aromatic rings. The fourth-order valence-corrected chi connectivity index (χ4v) is 5.48. The number of nitrogens with zero attached hydrogens (tertiary/aromatic N) is 3. The lowest BCUT2D eigenvalue weighted by molar-refractivity contribution is 0.549. The number of benzene rings is 2. The van der Waals surface area contributed by atoms with Crippen LogP contribution < -0.4 is 14.9 Å². The molecule has 5 rings (SSSR count). The van der Waals surface area contributed by atoms with Gasteiger partial charge in [0.2, 0.25) is 10.0 Å². The number of rotatable bonds is 6. The van der Waals surface area contributed by atoms with Gasteiger partial charge in [0, 0.05) is 39.6 Å². The van der Waals surface area contributed by atoms with Crippen LogP contribution in [0, 0.1) is 0 Å². The van der Waals surface area contributed by atoms with Crippen LogP contribution in [0.25, 0.3) is 5.69 Å². The van der Waals surface area contributed by atoms with E-state index in [1.54, 1.807) is 18.3 Å². The monoisotopic (exact) mass is 567 g/mol. The smallest absolute Gasteiger partial charge is 0.229 e. The summed E-state index contributed by atoms with van der Waals surface area (Å²) in [6.45, 7) is 0. The molecular weight excluding hydrogens is 546 g/mol. The molecule has 2 aromatic carbocycles. The summed E-state index contributed by atoms with van der Waals surface area (Å²) < 4.78 is 28.9. The number of hydrogen-bond acceptors (Lipinski definition) is 4. The Labute approximate surface area is 218 Å². The van der Waals surface area contributed by atoms with E-state index >= 15 is 0 Å². The summed E-state index contributed by atoms with van der Waals surface area (Å²) in [5.41, 5.74) is 4.27. The third-order valence-electron chi connectivity index (χ3n) is 5.73. The minimum Gasteiger partial charge on any atom is -0.351 e. The Morgan fingerprint density at radius 1 is 0.971 bits per heavy atom. The van der Waals surface area contributed by atoms with Gasteiger partial charge in [-0.05, 0) is 85.0 Å². The number of nitrogens with one attached hydrogen (secondary N) is 2. The Balaban J connectivity index is 1.60. The fourth-order valence-electron chi connectivity index (χ4n) is 4.31. The van der Waals surface area contributed by atoms with E-state index in [2.05, 4.69) is 58.6 Å². The zero-order valence-corrected chi connectivity index (χ0v) is 21.9. The first-order valence-corrected chi connectivity index (χ1v) is 13.9. The zero-order valence-electron chi connectivity index (χ0n) is 18.7. The van der Waals surface area contributed by atoms with Crippen LogP contribution in [0.1, 0.15) is 23.5 Å². The van der Waals surface area contributed by atoms with Crippen molar-refractivity contribution in [2.24, 2.45) is 0 Å². The second-order valence-electron chi connectivity index (χ2n) is 8.20. The molecule has 2 N–H and O–H groups in total. The van der Waals surface area contributed by atoms with Crippen LogP contribution in [0.4, 0.5) is 11.4 Å². The van der Waals surface area contributed by atoms with Crippen LogP contribution in [0.15, 0.2) is 95.7 Å². The van der Waals surface area contributed by atoms with E-state index in [9.17, 15) is 8.42 Å². The van der Waals surface area contributed by atoms with Gasteiger partial charge in [0.25, 0.3) is 0 Å². The Kier molecular flexibility index (Phi) is 6.35. The second kappa shape index (κ2) is 9.44. The van der Waals surface area contributed by atoms with Crippen molar-refractivity contribution in [2.75, 3.05) is 15.9 Å². The van der Waals surface area contributed by atoms with Gasteiger partial charge in [0.05, 0.1) is 18.0 Å². The van der Waals surface area contributed by atoms with Gasteiger partial charge in [-0.1, -0.05) is 22.0 Å². The molecule has 0 bridgehead atoms. The normalized spacial score (nSPS) is 17.9. The topological polar surface area (TPSA) is 79.3 Å². The number of anilines is 2. The van der Waals surface area contributed by atoms with E-state index in [1.807, 2.05) is 54.7 Å². The van der Waals surface area contributed by atoms with Crippen molar-refractivity contribution >= 4 is 54.7 Å². The van der Waals surface area contributed by atoms with Gasteiger partial charge in [-0.3, -0.25) is 9.71 Å². The van der Waals surface area contributed by atoms with Gasteiger partial charge in [-0.15, -0.1) is 0 Å². The second-order valence-corrected chi connectivity index (χ2v) is 11.2. The summed E-state index contributed by atoms with van der Waals surface area (Å²) in [7, 11) is -3.37. The first kappa shape index (κ1) is 23.5. The largest absolute Gasteiger partial charge is 0.351 e. The minimum absolute atomic E-state index is 0.193. The highest BCUT2D eigenvalue weighted by molar-refractivity contribution is 9.10. The van der Waals surface area contributed by atoms with E-state index in [4.69, 9.17) is 12.2 Å². The maximum atomic E-state index is 11.6. The summed E-state index contributed by atoms with van der Waals surface area (Å²) in [6.07, 6.45) is 4.94. The molecule has 0 saturated carbocycles. The Morgan fingerprint density at radius 3 is 2.34 bits per heavy atom. The van der Waals surface area contributed by atoms with Crippen molar-refractivity contribution < 1.29 is 8.42 Å². The van der Waals surface area contributed by atoms with Crippen molar-refractivity contribution in [3.63, 3.8) is 0 Å². The highest BCUT2D eigenvalue weighted by atomic mass is 79.9. The first-order valence-electron chi connectivity index (χ1n) is 10.8. The third-order valence-corrected chi connectivity index (χ3v) is 7.18. The molecule has 178 valence electrons. The van der Waals surface area contributed by atoms with Crippen LogP contribution in [0.5, 0.6) is 0 Å². The van der Waals surface area contributed by atoms with Gasteiger partial charge in [0.15, 0.2) is 5.11 Å². The maximum Gasteiger partial charge on any atom is 0.229 e. The van der Waals surface area contributed by atoms with Crippen molar-refractivity contribution in [3.05, 3.63) is 107 Å². The lowest BCUT2D eigenvalue weighted by Gasteiger charge is -2.29. The number of halogens is 1. The molecule has 10 heteroatoms. The molecule has 0 aliphatic carbocycles. The van der Waals surface area contributed by atoms with Crippen LogP contribution in [-0.4, -0.2) is 29.3 Å². The van der Waals surface area contributed by atoms with E-state index < -0.39 is 10.0 Å². The van der Waals surface area contributed by atoms with Crippen molar-refractivity contribution in [3.8, 4) is 5.69 Å². The standard InChI is InChI=1S/C25H22BrN5O2S2/c1-35(32,33)29-18-9-13-20(14-10-18)31-24(23(28-25(31)34)21-5-2-3-15-27-21)22-6-4-16-30(22)19-11-7-17(26)8-12-19/h2-16,23-24,29H,1H3,(H,28,34)/t23-,24-/m1/s1. The number of pyridine rings is 1. The highest BCUT2D eigenvalue weighted by Gasteiger charge is 2.42. The molecular formula is C25H22BrN5O2S2. The van der Waals surface area contributed by atoms with Gasteiger partial charge in [-0.2, -0.15) is 0 Å². The number of thiocarbonyl (C=S) groups is 1. The predicted molar refractivity (Wildman–Crippen MR) is 146 cm³/mol. The van der Waals surface area contributed by atoms with E-state index in [-0.39, 0.29) is 12.1 Å². The zero-order chi connectivity index (χ0) is 24.6. The lowest BCUT2D eigenvalue weighted by atomic mass is 10.0. The molecule has 0 spiro atoms. The van der Waals surface area contributed by atoms with Gasteiger partial charge >= 0.3 is 0 Å². The summed E-state index contributed by atoms with van der Waals surface area (Å²) in [5, 5.41) is 4.03. The number of hydrogen-bond donors (Lipinski definition) is 2. The average molecular weight is 569 g/mol. The van der Waals surface area contributed by atoms with E-state index in [0.717, 1.165) is 33.5 Å². The minimum atomic E-state index is -3.37. The Hall–Kier alpha value is -3.21. The Morgan fingerprint density at radius 2 is 1.69 bits per heavy atom. The number of sulfonamides is 1. The molecule has 1 aliphatic rings. The fraction of sp³-hybridized carbons (Fsp3) is 0.120. The molecule has 1 aliphatic heterocycles. The van der Waals surface area contributed by atoms with Crippen LogP contribution in [-0.2, 0) is 10.0 Å². The summed E-state index contributed by atoms with van der Waals surface area (Å²) in [6, 6.07) is 24.9. The quantitative estimate of drug-likeness (QED) is 0.312. The molecule has 2 atom stereocenters. The molecule has 1 saturated heterocycles.